The lowest BCUT2D eigenvalue weighted by Gasteiger charge is -2.04. The Labute approximate surface area is 99.4 Å². The van der Waals surface area contributed by atoms with Crippen LogP contribution in [0.1, 0.15) is 18.4 Å². The van der Waals surface area contributed by atoms with Gasteiger partial charge in [-0.3, -0.25) is 4.79 Å². The van der Waals surface area contributed by atoms with E-state index in [4.69, 9.17) is 16.3 Å². The second-order valence-electron chi connectivity index (χ2n) is 3.48. The first kappa shape index (κ1) is 13.0. The van der Waals surface area contributed by atoms with Gasteiger partial charge in [0.25, 0.3) is 0 Å². The normalized spacial score (nSPS) is 10.2. The molecule has 1 aromatic carbocycles. The van der Waals surface area contributed by atoms with E-state index in [2.05, 4.69) is 0 Å². The van der Waals surface area contributed by atoms with Gasteiger partial charge in [0, 0.05) is 18.7 Å². The summed E-state index contributed by atoms with van der Waals surface area (Å²) in [6.45, 7) is 0. The number of benzene rings is 1. The number of ether oxygens (including phenoxy) is 1. The molecule has 1 rings (SSSR count). The van der Waals surface area contributed by atoms with Crippen molar-refractivity contribution in [2.24, 2.45) is 0 Å². The first-order valence-electron chi connectivity index (χ1n) is 5.07. The van der Waals surface area contributed by atoms with E-state index in [-0.39, 0.29) is 18.0 Å². The summed E-state index contributed by atoms with van der Waals surface area (Å²) in [5.74, 6) is 0.301. The maximum absolute atomic E-state index is 13.3. The van der Waals surface area contributed by atoms with Gasteiger partial charge in [0.1, 0.15) is 5.78 Å². The average Bonchev–Trinajstić information content (AvgIpc) is 2.26. The summed E-state index contributed by atoms with van der Waals surface area (Å²) in [6, 6.07) is 4.55. The third kappa shape index (κ3) is 3.81. The molecule has 0 aromatic heterocycles. The second kappa shape index (κ2) is 6.48. The number of methoxy groups -OCH3 is 1. The molecule has 2 nitrogen and oxygen atoms in total. The number of carbonyl (C=O) groups is 1. The molecule has 1 aromatic rings. The van der Waals surface area contributed by atoms with Gasteiger partial charge in [-0.05, 0) is 24.1 Å². The molecule has 0 radical (unpaired) electrons. The molecule has 0 spiro atoms. The average molecular weight is 245 g/mol. The fourth-order valence-corrected chi connectivity index (χ4v) is 1.53. The van der Waals surface area contributed by atoms with Crippen LogP contribution in [0.2, 0.25) is 0 Å². The van der Waals surface area contributed by atoms with Crippen molar-refractivity contribution in [1.82, 2.24) is 0 Å². The van der Waals surface area contributed by atoms with Crippen LogP contribution in [0.5, 0.6) is 5.75 Å². The molecule has 0 aliphatic carbocycles. The zero-order valence-electron chi connectivity index (χ0n) is 9.13. The molecule has 0 atom stereocenters. The van der Waals surface area contributed by atoms with Crippen LogP contribution in [0.15, 0.2) is 18.2 Å². The van der Waals surface area contributed by atoms with Crippen LogP contribution in [0.25, 0.3) is 0 Å². The van der Waals surface area contributed by atoms with Crippen molar-refractivity contribution in [2.45, 2.75) is 19.3 Å². The predicted molar refractivity (Wildman–Crippen MR) is 61.6 cm³/mol. The molecule has 0 unspecified atom stereocenters. The van der Waals surface area contributed by atoms with E-state index in [0.717, 1.165) is 0 Å². The summed E-state index contributed by atoms with van der Waals surface area (Å²) < 4.78 is 18.1. The number of ketones is 1. The molecule has 0 heterocycles. The van der Waals surface area contributed by atoms with Crippen LogP contribution in [-0.4, -0.2) is 18.8 Å². The summed E-state index contributed by atoms with van der Waals surface area (Å²) in [7, 11) is 1.41. The summed E-state index contributed by atoms with van der Waals surface area (Å²) in [6.07, 6.45) is 1.36. The van der Waals surface area contributed by atoms with E-state index in [1.807, 2.05) is 0 Å². The summed E-state index contributed by atoms with van der Waals surface area (Å²) in [4.78, 5) is 11.4. The highest BCUT2D eigenvalue weighted by atomic mass is 35.5. The van der Waals surface area contributed by atoms with Crippen molar-refractivity contribution in [3.05, 3.63) is 29.6 Å². The molecule has 0 amide bonds. The Kier molecular flexibility index (Phi) is 5.26. The van der Waals surface area contributed by atoms with E-state index >= 15 is 0 Å². The van der Waals surface area contributed by atoms with Crippen molar-refractivity contribution in [1.29, 1.82) is 0 Å². The van der Waals surface area contributed by atoms with Gasteiger partial charge in [-0.15, -0.1) is 11.6 Å². The highest BCUT2D eigenvalue weighted by molar-refractivity contribution is 6.17. The van der Waals surface area contributed by atoms with Crippen molar-refractivity contribution >= 4 is 17.4 Å². The minimum atomic E-state index is -0.440. The maximum atomic E-state index is 13.3. The summed E-state index contributed by atoms with van der Waals surface area (Å²) in [5.41, 5.74) is 0.665. The van der Waals surface area contributed by atoms with Crippen molar-refractivity contribution < 1.29 is 13.9 Å². The van der Waals surface area contributed by atoms with E-state index < -0.39 is 5.82 Å². The molecule has 0 saturated heterocycles. The van der Waals surface area contributed by atoms with Crippen LogP contribution < -0.4 is 4.74 Å². The number of hydrogen-bond acceptors (Lipinski definition) is 2. The van der Waals surface area contributed by atoms with E-state index in [9.17, 15) is 9.18 Å². The molecular formula is C12H14ClFO2. The predicted octanol–water partition coefficient (Wildman–Crippen LogP) is 2.96. The molecule has 0 fully saturated rings. The van der Waals surface area contributed by atoms with Crippen molar-refractivity contribution in [3.63, 3.8) is 0 Å². The lowest BCUT2D eigenvalue weighted by Crippen LogP contribution is -2.03. The molecule has 0 N–H and O–H groups in total. The lowest BCUT2D eigenvalue weighted by molar-refractivity contribution is -0.118. The van der Waals surface area contributed by atoms with Gasteiger partial charge >= 0.3 is 0 Å². The van der Waals surface area contributed by atoms with Crippen molar-refractivity contribution in [2.75, 3.05) is 13.0 Å². The van der Waals surface area contributed by atoms with Gasteiger partial charge in [0.2, 0.25) is 0 Å². The minimum Gasteiger partial charge on any atom is -0.494 e. The summed E-state index contributed by atoms with van der Waals surface area (Å²) >= 11 is 5.48. The van der Waals surface area contributed by atoms with Gasteiger partial charge < -0.3 is 4.74 Å². The molecular weight excluding hydrogens is 231 g/mol. The lowest BCUT2D eigenvalue weighted by atomic mass is 10.1. The Morgan fingerprint density at radius 2 is 2.25 bits per heavy atom. The van der Waals surface area contributed by atoms with Crippen LogP contribution in [0, 0.1) is 5.82 Å². The number of hydrogen-bond donors (Lipinski definition) is 0. The number of Topliss-reactive ketones (excluding diaryl/α,β-unsaturated/α-hetero) is 1. The van der Waals surface area contributed by atoms with Crippen LogP contribution in [0.3, 0.4) is 0 Å². The molecule has 4 heteroatoms. The Morgan fingerprint density at radius 3 is 2.81 bits per heavy atom. The zero-order valence-corrected chi connectivity index (χ0v) is 9.89. The Balaban J connectivity index is 2.61. The third-order valence-corrected chi connectivity index (χ3v) is 2.47. The highest BCUT2D eigenvalue weighted by Crippen LogP contribution is 2.18. The van der Waals surface area contributed by atoms with Crippen LogP contribution >= 0.6 is 11.6 Å². The fourth-order valence-electron chi connectivity index (χ4n) is 1.40. The number of rotatable bonds is 6. The van der Waals surface area contributed by atoms with Crippen LogP contribution in [-0.2, 0) is 11.2 Å². The van der Waals surface area contributed by atoms with Gasteiger partial charge in [-0.25, -0.2) is 4.39 Å². The smallest absolute Gasteiger partial charge is 0.165 e. The van der Waals surface area contributed by atoms with Gasteiger partial charge in [0.05, 0.1) is 7.11 Å². The first-order valence-corrected chi connectivity index (χ1v) is 5.61. The van der Waals surface area contributed by atoms with Gasteiger partial charge in [-0.2, -0.15) is 0 Å². The third-order valence-electron chi connectivity index (χ3n) is 2.21. The van der Waals surface area contributed by atoms with E-state index in [1.54, 1.807) is 6.07 Å². The highest BCUT2D eigenvalue weighted by Gasteiger charge is 2.07. The van der Waals surface area contributed by atoms with E-state index in [0.29, 0.717) is 24.3 Å². The van der Waals surface area contributed by atoms with Gasteiger partial charge in [-0.1, -0.05) is 6.07 Å². The quantitative estimate of drug-likeness (QED) is 0.719. The molecule has 16 heavy (non-hydrogen) atoms. The molecule has 0 aliphatic heterocycles. The minimum absolute atomic E-state index is 0.0743. The standard InChI is InChI=1S/C12H14ClFO2/c1-16-12-5-4-9(8-11(12)14)7-10(15)3-2-6-13/h4-5,8H,2-3,6-7H2,1H3. The van der Waals surface area contributed by atoms with E-state index in [1.165, 1.54) is 19.2 Å². The maximum Gasteiger partial charge on any atom is 0.165 e. The number of halogens is 2. The SMILES string of the molecule is COc1ccc(CC(=O)CCCCl)cc1F. The zero-order chi connectivity index (χ0) is 12.0. The largest absolute Gasteiger partial charge is 0.494 e. The van der Waals surface area contributed by atoms with Crippen LogP contribution in [0.4, 0.5) is 4.39 Å². The molecule has 88 valence electrons. The summed E-state index contributed by atoms with van der Waals surface area (Å²) in [5, 5.41) is 0. The number of carbonyl (C=O) groups excluding carboxylic acids is 1. The Hall–Kier alpha value is -1.09. The first-order chi connectivity index (χ1) is 7.67. The fraction of sp³-hybridized carbons (Fsp3) is 0.417. The molecule has 0 aliphatic rings. The van der Waals surface area contributed by atoms with Gasteiger partial charge in [0.15, 0.2) is 11.6 Å². The Bertz CT molecular complexity index is 366. The second-order valence-corrected chi connectivity index (χ2v) is 3.85. The van der Waals surface area contributed by atoms with Crippen molar-refractivity contribution in [3.8, 4) is 5.75 Å². The number of alkyl halides is 1. The topological polar surface area (TPSA) is 26.3 Å². The molecule has 0 saturated carbocycles. The Morgan fingerprint density at radius 1 is 1.50 bits per heavy atom. The molecule has 0 bridgehead atoms. The monoisotopic (exact) mass is 244 g/mol.